The molecule has 0 aromatic heterocycles. The molecule has 1 atom stereocenters. The van der Waals surface area contributed by atoms with Crippen molar-refractivity contribution in [2.75, 3.05) is 11.1 Å². The average Bonchev–Trinajstić information content (AvgIpc) is 2.55. The van der Waals surface area contributed by atoms with Gasteiger partial charge in [-0.25, -0.2) is 8.78 Å². The fourth-order valence-corrected chi connectivity index (χ4v) is 2.78. The highest BCUT2D eigenvalue weighted by molar-refractivity contribution is 8.00. The van der Waals surface area contributed by atoms with E-state index >= 15 is 0 Å². The minimum atomic E-state index is -0.847. The Hall–Kier alpha value is -2.48. The minimum Gasteiger partial charge on any atom is -0.323 e. The number of non-ortho nitro benzene ring substituents is 1. The number of nitrogens with zero attached hydrogens (tertiary/aromatic N) is 1. The van der Waals surface area contributed by atoms with Crippen LogP contribution in [0.15, 0.2) is 42.5 Å². The fraction of sp³-hybridized carbons (Fsp3) is 0.188. The molecule has 1 N–H and O–H groups in total. The molecule has 8 heteroatoms. The summed E-state index contributed by atoms with van der Waals surface area (Å²) < 4.78 is 26.3. The van der Waals surface area contributed by atoms with Crippen molar-refractivity contribution in [2.24, 2.45) is 0 Å². The van der Waals surface area contributed by atoms with Crippen molar-refractivity contribution in [1.29, 1.82) is 0 Å². The van der Waals surface area contributed by atoms with Gasteiger partial charge in [0.2, 0.25) is 5.91 Å². The van der Waals surface area contributed by atoms with Crippen LogP contribution in [0, 0.1) is 21.7 Å². The fourth-order valence-electron chi connectivity index (χ4n) is 1.97. The van der Waals surface area contributed by atoms with Crippen LogP contribution in [0.5, 0.6) is 0 Å². The monoisotopic (exact) mass is 352 g/mol. The van der Waals surface area contributed by atoms with Crippen molar-refractivity contribution >= 4 is 29.0 Å². The summed E-state index contributed by atoms with van der Waals surface area (Å²) in [6.07, 6.45) is 0. The van der Waals surface area contributed by atoms with Gasteiger partial charge in [0, 0.05) is 23.4 Å². The topological polar surface area (TPSA) is 72.2 Å². The largest absolute Gasteiger partial charge is 0.323 e. The van der Waals surface area contributed by atoms with Gasteiger partial charge >= 0.3 is 0 Å². The predicted molar refractivity (Wildman–Crippen MR) is 89.0 cm³/mol. The molecule has 2 aromatic rings. The van der Waals surface area contributed by atoms with E-state index < -0.39 is 22.5 Å². The van der Waals surface area contributed by atoms with E-state index in [1.165, 1.54) is 23.9 Å². The van der Waals surface area contributed by atoms with E-state index in [1.54, 1.807) is 12.1 Å². The zero-order chi connectivity index (χ0) is 17.7. The Kier molecular flexibility index (Phi) is 5.86. The van der Waals surface area contributed by atoms with Crippen LogP contribution in [0.4, 0.5) is 20.2 Å². The molecule has 0 saturated heterocycles. The number of anilines is 1. The molecule has 0 aliphatic carbocycles. The van der Waals surface area contributed by atoms with Crippen molar-refractivity contribution in [3.63, 3.8) is 0 Å². The van der Waals surface area contributed by atoms with Crippen LogP contribution in [0.3, 0.4) is 0 Å². The van der Waals surface area contributed by atoms with E-state index in [0.717, 1.165) is 17.7 Å². The number of hydrogen-bond acceptors (Lipinski definition) is 4. The predicted octanol–water partition coefficient (Wildman–Crippen LogP) is 4.31. The Labute approximate surface area is 141 Å². The first-order valence-electron chi connectivity index (χ1n) is 6.97. The molecule has 0 unspecified atom stereocenters. The maximum Gasteiger partial charge on any atom is 0.269 e. The lowest BCUT2D eigenvalue weighted by atomic mass is 10.1. The summed E-state index contributed by atoms with van der Waals surface area (Å²) in [6.45, 7) is 1.81. The van der Waals surface area contributed by atoms with E-state index in [4.69, 9.17) is 0 Å². The first kappa shape index (κ1) is 17.9. The van der Waals surface area contributed by atoms with Gasteiger partial charge < -0.3 is 5.32 Å². The van der Waals surface area contributed by atoms with Gasteiger partial charge in [-0.1, -0.05) is 12.1 Å². The standard InChI is InChI=1S/C16H14F2N2O3S/c1-10(11-3-2-4-13(7-11)20(22)23)24-9-16(21)19-15-6-5-12(17)8-14(15)18/h2-8,10H,9H2,1H3,(H,19,21)/t10-/m0/s1. The third kappa shape index (κ3) is 4.76. The number of carbonyl (C=O) groups excluding carboxylic acids is 1. The lowest BCUT2D eigenvalue weighted by molar-refractivity contribution is -0.384. The molecule has 1 amide bonds. The maximum atomic E-state index is 13.5. The lowest BCUT2D eigenvalue weighted by Gasteiger charge is -2.12. The van der Waals surface area contributed by atoms with Crippen LogP contribution in [-0.4, -0.2) is 16.6 Å². The Morgan fingerprint density at radius 2 is 2.04 bits per heavy atom. The van der Waals surface area contributed by atoms with E-state index in [2.05, 4.69) is 5.32 Å². The third-order valence-electron chi connectivity index (χ3n) is 3.22. The van der Waals surface area contributed by atoms with E-state index in [-0.39, 0.29) is 22.4 Å². The van der Waals surface area contributed by atoms with Crippen LogP contribution < -0.4 is 5.32 Å². The minimum absolute atomic E-state index is 0.0159. The SMILES string of the molecule is C[C@H](SCC(=O)Nc1ccc(F)cc1F)c1cccc([N+](=O)[O-])c1. The number of rotatable bonds is 6. The normalized spacial score (nSPS) is 11.8. The average molecular weight is 352 g/mol. The van der Waals surface area contributed by atoms with E-state index in [0.29, 0.717) is 6.07 Å². The number of nitrogens with one attached hydrogen (secondary N) is 1. The molecule has 0 fully saturated rings. The second-order valence-electron chi connectivity index (χ2n) is 4.98. The number of thioether (sulfide) groups is 1. The molecule has 0 bridgehead atoms. The molecular formula is C16H14F2N2O3S. The second kappa shape index (κ2) is 7.87. The van der Waals surface area contributed by atoms with Crippen molar-refractivity contribution in [3.8, 4) is 0 Å². The molecule has 24 heavy (non-hydrogen) atoms. The Morgan fingerprint density at radius 3 is 2.71 bits per heavy atom. The molecule has 126 valence electrons. The summed E-state index contributed by atoms with van der Waals surface area (Å²) in [5.41, 5.74) is 0.609. The van der Waals surface area contributed by atoms with Gasteiger partial charge in [0.25, 0.3) is 5.69 Å². The van der Waals surface area contributed by atoms with Gasteiger partial charge in [0.05, 0.1) is 16.4 Å². The first-order chi connectivity index (χ1) is 11.4. The molecule has 0 spiro atoms. The maximum absolute atomic E-state index is 13.5. The molecule has 0 radical (unpaired) electrons. The highest BCUT2D eigenvalue weighted by atomic mass is 32.2. The van der Waals surface area contributed by atoms with Crippen molar-refractivity contribution in [2.45, 2.75) is 12.2 Å². The number of hydrogen-bond donors (Lipinski definition) is 1. The highest BCUT2D eigenvalue weighted by Gasteiger charge is 2.14. The highest BCUT2D eigenvalue weighted by Crippen LogP contribution is 2.30. The molecule has 2 rings (SSSR count). The number of benzene rings is 2. The van der Waals surface area contributed by atoms with Crippen LogP contribution in [-0.2, 0) is 4.79 Å². The van der Waals surface area contributed by atoms with Crippen LogP contribution in [0.1, 0.15) is 17.7 Å². The van der Waals surface area contributed by atoms with Crippen LogP contribution in [0.25, 0.3) is 0 Å². The number of nitro benzene ring substituents is 1. The summed E-state index contributed by atoms with van der Waals surface area (Å²) in [5.74, 6) is -1.98. The van der Waals surface area contributed by atoms with Crippen molar-refractivity contribution < 1.29 is 18.5 Å². The van der Waals surface area contributed by atoms with E-state index in [9.17, 15) is 23.7 Å². The lowest BCUT2D eigenvalue weighted by Crippen LogP contribution is -2.15. The van der Waals surface area contributed by atoms with Gasteiger partial charge in [0.1, 0.15) is 11.6 Å². The Morgan fingerprint density at radius 1 is 1.29 bits per heavy atom. The van der Waals surface area contributed by atoms with Gasteiger partial charge in [-0.05, 0) is 24.6 Å². The molecule has 5 nitrogen and oxygen atoms in total. The molecule has 0 heterocycles. The molecule has 0 aliphatic rings. The summed E-state index contributed by atoms with van der Waals surface area (Å²) in [4.78, 5) is 22.2. The van der Waals surface area contributed by atoms with Gasteiger partial charge in [-0.15, -0.1) is 11.8 Å². The van der Waals surface area contributed by atoms with E-state index in [1.807, 2.05) is 6.92 Å². The van der Waals surface area contributed by atoms with Crippen molar-refractivity contribution in [3.05, 3.63) is 69.8 Å². The number of nitro groups is 1. The molecule has 0 saturated carbocycles. The number of carbonyl (C=O) groups is 1. The molecular weight excluding hydrogens is 338 g/mol. The quantitative estimate of drug-likeness (QED) is 0.621. The third-order valence-corrected chi connectivity index (χ3v) is 4.42. The first-order valence-corrected chi connectivity index (χ1v) is 8.02. The van der Waals surface area contributed by atoms with Gasteiger partial charge in [-0.2, -0.15) is 0 Å². The Balaban J connectivity index is 1.93. The summed E-state index contributed by atoms with van der Waals surface area (Å²) in [7, 11) is 0. The molecule has 2 aromatic carbocycles. The number of amides is 1. The summed E-state index contributed by atoms with van der Waals surface area (Å²) in [6, 6.07) is 9.06. The Bertz CT molecular complexity index is 771. The molecule has 0 aliphatic heterocycles. The smallest absolute Gasteiger partial charge is 0.269 e. The van der Waals surface area contributed by atoms with Gasteiger partial charge in [-0.3, -0.25) is 14.9 Å². The van der Waals surface area contributed by atoms with Crippen LogP contribution >= 0.6 is 11.8 Å². The zero-order valence-electron chi connectivity index (χ0n) is 12.7. The second-order valence-corrected chi connectivity index (χ2v) is 6.31. The van der Waals surface area contributed by atoms with Gasteiger partial charge in [0.15, 0.2) is 0 Å². The van der Waals surface area contributed by atoms with Crippen molar-refractivity contribution in [1.82, 2.24) is 0 Å². The summed E-state index contributed by atoms with van der Waals surface area (Å²) >= 11 is 1.26. The number of halogens is 2. The van der Waals surface area contributed by atoms with Crippen LogP contribution in [0.2, 0.25) is 0 Å². The summed E-state index contributed by atoms with van der Waals surface area (Å²) in [5, 5.41) is 13.0. The zero-order valence-corrected chi connectivity index (χ0v) is 13.5.